The molecule has 17 nitrogen and oxygen atoms in total. The average Bonchev–Trinajstić information content (AvgIpc) is 3.41. The summed E-state index contributed by atoms with van der Waals surface area (Å²) in [5.74, 6) is -1.74. The van der Waals surface area contributed by atoms with Crippen LogP contribution in [0.5, 0.6) is 11.5 Å². The summed E-state index contributed by atoms with van der Waals surface area (Å²) in [5, 5.41) is 19.3. The lowest BCUT2D eigenvalue weighted by Gasteiger charge is -2.27. The number of fused-ring (bicyclic) bond motifs is 3. The van der Waals surface area contributed by atoms with Crippen LogP contribution in [0, 0.1) is 10.1 Å². The third-order valence-corrected chi connectivity index (χ3v) is 9.56. The number of nitro groups is 1. The highest BCUT2D eigenvalue weighted by Gasteiger charge is 2.46. The van der Waals surface area contributed by atoms with Crippen molar-refractivity contribution in [3.63, 3.8) is 0 Å². The molecule has 0 radical (unpaired) electrons. The van der Waals surface area contributed by atoms with E-state index in [0.29, 0.717) is 32.1 Å². The Bertz CT molecular complexity index is 1940. The highest BCUT2D eigenvalue weighted by atomic mass is 32.2. The first kappa shape index (κ1) is 38.2. The van der Waals surface area contributed by atoms with Gasteiger partial charge in [0.05, 0.1) is 73.6 Å². The van der Waals surface area contributed by atoms with Gasteiger partial charge in [0.15, 0.2) is 0 Å². The number of carbonyl (C=O) groups is 5. The number of non-ortho nitro benzene ring substituents is 1. The Kier molecular flexibility index (Phi) is 12.7. The Hall–Kier alpha value is -5.56. The van der Waals surface area contributed by atoms with E-state index in [9.17, 15) is 34.1 Å². The first-order chi connectivity index (χ1) is 26.2. The fourth-order valence-corrected chi connectivity index (χ4v) is 6.87. The Morgan fingerprint density at radius 3 is 2.28 bits per heavy atom. The van der Waals surface area contributed by atoms with Gasteiger partial charge in [0.25, 0.3) is 17.5 Å². The van der Waals surface area contributed by atoms with Gasteiger partial charge in [-0.15, -0.1) is 0 Å². The standard InChI is InChI=1S/C36H37N5O12S/c42-31(37-11-13-52-23-5-7-26-30(21-23)54-29-20-22(41(47)48)4-6-25(29)38-26)10-12-49-14-15-50-16-17-51-18-19-53-28-3-1-2-24-33(28)36(46)40(35(24)45)27-8-9-32(43)39-34(27)44/h1-7,20-21,27,38H,8-19H2,(H,37,42)(H,39,43,44). The van der Waals surface area contributed by atoms with E-state index in [2.05, 4.69) is 16.0 Å². The number of anilines is 2. The van der Waals surface area contributed by atoms with E-state index in [1.54, 1.807) is 18.2 Å². The number of nitro benzene ring substituents is 1. The van der Waals surface area contributed by atoms with Gasteiger partial charge < -0.3 is 34.3 Å². The number of rotatable bonds is 19. The number of nitrogens with zero attached hydrogens (tertiary/aromatic N) is 2. The van der Waals surface area contributed by atoms with Crippen molar-refractivity contribution in [1.82, 2.24) is 15.5 Å². The number of benzene rings is 3. The van der Waals surface area contributed by atoms with Gasteiger partial charge in [-0.25, -0.2) is 0 Å². The summed E-state index contributed by atoms with van der Waals surface area (Å²) in [6, 6.07) is 13.8. The fraction of sp³-hybridized carbons (Fsp3) is 0.361. The monoisotopic (exact) mass is 763 g/mol. The number of piperidine rings is 1. The molecule has 3 aromatic carbocycles. The lowest BCUT2D eigenvalue weighted by molar-refractivity contribution is -0.385. The van der Waals surface area contributed by atoms with E-state index in [1.165, 1.54) is 30.0 Å². The van der Waals surface area contributed by atoms with Gasteiger partial charge in [0.2, 0.25) is 17.7 Å². The number of hydrogen-bond donors (Lipinski definition) is 3. The summed E-state index contributed by atoms with van der Waals surface area (Å²) < 4.78 is 28.0. The van der Waals surface area contributed by atoms with Gasteiger partial charge in [-0.3, -0.25) is 44.3 Å². The molecule has 1 fully saturated rings. The number of amides is 5. The van der Waals surface area contributed by atoms with E-state index >= 15 is 0 Å². The van der Waals surface area contributed by atoms with Crippen LogP contribution >= 0.6 is 11.8 Å². The van der Waals surface area contributed by atoms with Crippen LogP contribution in [0.15, 0.2) is 64.4 Å². The highest BCUT2D eigenvalue weighted by molar-refractivity contribution is 7.99. The lowest BCUT2D eigenvalue weighted by atomic mass is 10.0. The van der Waals surface area contributed by atoms with Gasteiger partial charge in [-0.05, 0) is 42.8 Å². The molecule has 3 aliphatic heterocycles. The summed E-state index contributed by atoms with van der Waals surface area (Å²) in [7, 11) is 0. The smallest absolute Gasteiger partial charge is 0.270 e. The Morgan fingerprint density at radius 1 is 0.833 bits per heavy atom. The number of hydrogen-bond acceptors (Lipinski definition) is 14. The van der Waals surface area contributed by atoms with E-state index in [4.69, 9.17) is 23.7 Å². The lowest BCUT2D eigenvalue weighted by Crippen LogP contribution is -2.54. The normalized spacial score (nSPS) is 15.9. The molecule has 1 saturated heterocycles. The molecule has 3 aromatic rings. The van der Waals surface area contributed by atoms with Gasteiger partial charge in [-0.1, -0.05) is 17.8 Å². The molecule has 3 heterocycles. The SMILES string of the molecule is O=C(CCOCCOCCOCCOc1cccc2c1C(=O)N(C1CCC(=O)NC1=O)C2=O)NCCOc1ccc2c(c1)Sc1cc([N+](=O)[O-])ccc1N2. The first-order valence-corrected chi connectivity index (χ1v) is 18.0. The maximum atomic E-state index is 13.1. The second-order valence-electron chi connectivity index (χ2n) is 12.1. The van der Waals surface area contributed by atoms with Crippen molar-refractivity contribution in [3.05, 3.63) is 75.8 Å². The van der Waals surface area contributed by atoms with E-state index in [-0.39, 0.29) is 80.8 Å². The molecule has 1 unspecified atom stereocenters. The van der Waals surface area contributed by atoms with Crippen LogP contribution in [0.2, 0.25) is 0 Å². The molecular formula is C36H37N5O12S. The number of ether oxygens (including phenoxy) is 5. The van der Waals surface area contributed by atoms with Crippen molar-refractivity contribution in [2.75, 3.05) is 64.7 Å². The molecule has 0 aromatic heterocycles. The Balaban J connectivity index is 0.776. The minimum Gasteiger partial charge on any atom is -0.492 e. The fourth-order valence-electron chi connectivity index (χ4n) is 5.83. The molecule has 5 amide bonds. The van der Waals surface area contributed by atoms with Crippen LogP contribution in [0.1, 0.15) is 40.0 Å². The zero-order chi connectivity index (χ0) is 38.0. The zero-order valence-electron chi connectivity index (χ0n) is 29.0. The zero-order valence-corrected chi connectivity index (χ0v) is 29.8. The summed E-state index contributed by atoms with van der Waals surface area (Å²) in [6.45, 7) is 2.26. The van der Waals surface area contributed by atoms with Crippen molar-refractivity contribution in [2.45, 2.75) is 35.1 Å². The summed E-state index contributed by atoms with van der Waals surface area (Å²) in [4.78, 5) is 75.2. The molecule has 18 heteroatoms. The third-order valence-electron chi connectivity index (χ3n) is 8.44. The van der Waals surface area contributed by atoms with Crippen LogP contribution in [0.4, 0.5) is 17.1 Å². The second-order valence-corrected chi connectivity index (χ2v) is 13.2. The van der Waals surface area contributed by atoms with Crippen molar-refractivity contribution in [2.24, 2.45) is 0 Å². The predicted molar refractivity (Wildman–Crippen MR) is 191 cm³/mol. The molecule has 284 valence electrons. The minimum atomic E-state index is -1.06. The summed E-state index contributed by atoms with van der Waals surface area (Å²) >= 11 is 1.42. The number of imide groups is 2. The molecule has 0 aliphatic carbocycles. The summed E-state index contributed by atoms with van der Waals surface area (Å²) in [5.41, 5.74) is 1.91. The Labute approximate surface area is 313 Å². The predicted octanol–water partition coefficient (Wildman–Crippen LogP) is 3.22. The molecule has 0 bridgehead atoms. The maximum Gasteiger partial charge on any atom is 0.270 e. The van der Waals surface area contributed by atoms with Gasteiger partial charge >= 0.3 is 0 Å². The Morgan fingerprint density at radius 2 is 1.54 bits per heavy atom. The highest BCUT2D eigenvalue weighted by Crippen LogP contribution is 2.46. The van der Waals surface area contributed by atoms with Crippen molar-refractivity contribution in [1.29, 1.82) is 0 Å². The molecule has 3 N–H and O–H groups in total. The second kappa shape index (κ2) is 18.0. The topological polar surface area (TPSA) is 214 Å². The molecule has 0 spiro atoms. The third kappa shape index (κ3) is 9.32. The molecule has 54 heavy (non-hydrogen) atoms. The number of carbonyl (C=O) groups excluding carboxylic acids is 5. The van der Waals surface area contributed by atoms with Crippen molar-refractivity contribution < 1.29 is 52.6 Å². The van der Waals surface area contributed by atoms with Gasteiger partial charge in [0, 0.05) is 34.8 Å². The van der Waals surface area contributed by atoms with E-state index in [0.717, 1.165) is 26.1 Å². The average molecular weight is 764 g/mol. The molecule has 1 atom stereocenters. The molecular weight excluding hydrogens is 726 g/mol. The first-order valence-electron chi connectivity index (χ1n) is 17.2. The van der Waals surface area contributed by atoms with Crippen molar-refractivity contribution in [3.8, 4) is 11.5 Å². The van der Waals surface area contributed by atoms with Crippen LogP contribution in [0.3, 0.4) is 0 Å². The van der Waals surface area contributed by atoms with Crippen LogP contribution < -0.4 is 25.4 Å². The van der Waals surface area contributed by atoms with Crippen LogP contribution in [-0.2, 0) is 28.6 Å². The summed E-state index contributed by atoms with van der Waals surface area (Å²) in [6.07, 6.45) is 0.277. The molecule has 0 saturated carbocycles. The van der Waals surface area contributed by atoms with Crippen molar-refractivity contribution >= 4 is 58.4 Å². The molecule has 6 rings (SSSR count). The maximum absolute atomic E-state index is 13.1. The largest absolute Gasteiger partial charge is 0.492 e. The van der Waals surface area contributed by atoms with Crippen LogP contribution in [0.25, 0.3) is 0 Å². The quantitative estimate of drug-likeness (QED) is 0.0542. The van der Waals surface area contributed by atoms with E-state index in [1.807, 2.05) is 18.2 Å². The van der Waals surface area contributed by atoms with E-state index < -0.39 is 34.6 Å². The number of nitrogens with one attached hydrogen (secondary N) is 3. The van der Waals surface area contributed by atoms with Crippen LogP contribution in [-0.4, -0.2) is 105 Å². The van der Waals surface area contributed by atoms with Gasteiger partial charge in [-0.2, -0.15) is 0 Å². The molecule has 3 aliphatic rings. The minimum absolute atomic E-state index is 0.0240. The van der Waals surface area contributed by atoms with Gasteiger partial charge in [0.1, 0.15) is 30.8 Å².